The number of nitrogens with one attached hydrogen (secondary N) is 1. The monoisotopic (exact) mass is 395 g/mol. The van der Waals surface area contributed by atoms with Crippen LogP contribution in [0.5, 0.6) is 0 Å². The first-order valence-electron chi connectivity index (χ1n) is 10.5. The minimum absolute atomic E-state index is 0.0820. The van der Waals surface area contributed by atoms with Gasteiger partial charge in [0, 0.05) is 24.8 Å². The number of likely N-dealkylation sites (tertiary alicyclic amines) is 1. The van der Waals surface area contributed by atoms with Crippen LogP contribution in [0.4, 0.5) is 15.3 Å². The molecule has 0 radical (unpaired) electrons. The summed E-state index contributed by atoms with van der Waals surface area (Å²) >= 11 is 0. The van der Waals surface area contributed by atoms with Gasteiger partial charge in [-0.05, 0) is 48.1 Å². The lowest BCUT2D eigenvalue weighted by Gasteiger charge is -2.38. The van der Waals surface area contributed by atoms with Crippen LogP contribution in [0.15, 0.2) is 42.5 Å². The van der Waals surface area contributed by atoms with Gasteiger partial charge in [-0.2, -0.15) is 0 Å². The molecule has 2 aliphatic heterocycles. The molecule has 2 saturated heterocycles. The van der Waals surface area contributed by atoms with Crippen LogP contribution in [0.25, 0.3) is 10.8 Å². The Morgan fingerprint density at radius 3 is 2.59 bits per heavy atom. The molecule has 0 saturated carbocycles. The van der Waals surface area contributed by atoms with Gasteiger partial charge < -0.3 is 15.0 Å². The number of cyclic esters (lactones) is 1. The average Bonchev–Trinajstić information content (AvgIpc) is 3.07. The molecule has 2 aromatic rings. The molecule has 29 heavy (non-hydrogen) atoms. The van der Waals surface area contributed by atoms with Gasteiger partial charge in [0.15, 0.2) is 0 Å². The third-order valence-corrected chi connectivity index (χ3v) is 5.89. The summed E-state index contributed by atoms with van der Waals surface area (Å²) in [5, 5.41) is 5.27. The van der Waals surface area contributed by atoms with E-state index in [0.717, 1.165) is 35.7 Å². The molecule has 2 fully saturated rings. The molecule has 0 bridgehead atoms. The van der Waals surface area contributed by atoms with Gasteiger partial charge in [0.25, 0.3) is 0 Å². The molecule has 0 aromatic heterocycles. The van der Waals surface area contributed by atoms with Crippen molar-refractivity contribution >= 4 is 28.6 Å². The molecule has 6 heteroatoms. The second-order valence-corrected chi connectivity index (χ2v) is 8.48. The van der Waals surface area contributed by atoms with Crippen LogP contribution in [0.3, 0.4) is 0 Å². The maximum absolute atomic E-state index is 12.7. The highest BCUT2D eigenvalue weighted by Crippen LogP contribution is 2.27. The van der Waals surface area contributed by atoms with E-state index < -0.39 is 0 Å². The fraction of sp³-hybridized carbons (Fsp3) is 0.478. The summed E-state index contributed by atoms with van der Waals surface area (Å²) in [5.74, 6) is 0.518. The summed E-state index contributed by atoms with van der Waals surface area (Å²) in [6, 6.07) is 14.3. The number of benzene rings is 2. The van der Waals surface area contributed by atoms with Gasteiger partial charge in [0.1, 0.15) is 6.61 Å². The normalized spacial score (nSPS) is 20.4. The highest BCUT2D eigenvalue weighted by molar-refractivity contribution is 5.93. The SMILES string of the molecule is CC(C)CC1COC(=O)N1C1CCN(C(=O)Nc2ccc3ccccc3c2)CC1. The Bertz CT molecular complexity index is 890. The number of anilines is 1. The lowest BCUT2D eigenvalue weighted by atomic mass is 9.98. The van der Waals surface area contributed by atoms with E-state index in [-0.39, 0.29) is 24.2 Å². The van der Waals surface area contributed by atoms with Crippen molar-refractivity contribution in [3.8, 4) is 0 Å². The number of carbonyl (C=O) groups excluding carboxylic acids is 2. The van der Waals surface area contributed by atoms with Crippen LogP contribution in [0, 0.1) is 5.92 Å². The molecule has 1 atom stereocenters. The van der Waals surface area contributed by atoms with Gasteiger partial charge in [-0.3, -0.25) is 4.90 Å². The van der Waals surface area contributed by atoms with Crippen LogP contribution in [0.2, 0.25) is 0 Å². The summed E-state index contributed by atoms with van der Waals surface area (Å²) < 4.78 is 5.31. The van der Waals surface area contributed by atoms with Crippen LogP contribution in [-0.4, -0.2) is 53.7 Å². The lowest BCUT2D eigenvalue weighted by Crippen LogP contribution is -2.50. The van der Waals surface area contributed by atoms with E-state index in [1.165, 1.54) is 0 Å². The fourth-order valence-electron chi connectivity index (χ4n) is 4.46. The number of amides is 3. The Labute approximate surface area is 171 Å². The number of ether oxygens (including phenoxy) is 1. The molecule has 2 heterocycles. The van der Waals surface area contributed by atoms with Crippen molar-refractivity contribution in [1.82, 2.24) is 9.80 Å². The first kappa shape index (κ1) is 19.6. The molecule has 2 aliphatic rings. The summed E-state index contributed by atoms with van der Waals surface area (Å²) in [6.07, 6.45) is 2.33. The molecule has 1 unspecified atom stereocenters. The predicted octanol–water partition coefficient (Wildman–Crippen LogP) is 4.70. The van der Waals surface area contributed by atoms with Crippen molar-refractivity contribution in [2.75, 3.05) is 25.0 Å². The van der Waals surface area contributed by atoms with Gasteiger partial charge >= 0.3 is 12.1 Å². The van der Waals surface area contributed by atoms with Crippen LogP contribution < -0.4 is 5.32 Å². The molecule has 3 amide bonds. The molecule has 0 spiro atoms. The molecule has 1 N–H and O–H groups in total. The van der Waals surface area contributed by atoms with E-state index in [0.29, 0.717) is 25.6 Å². The average molecular weight is 396 g/mol. The Hall–Kier alpha value is -2.76. The second-order valence-electron chi connectivity index (χ2n) is 8.48. The van der Waals surface area contributed by atoms with Crippen LogP contribution in [-0.2, 0) is 4.74 Å². The first-order valence-corrected chi connectivity index (χ1v) is 10.5. The molecule has 2 aromatic carbocycles. The van der Waals surface area contributed by atoms with E-state index in [2.05, 4.69) is 25.2 Å². The highest BCUT2D eigenvalue weighted by Gasteiger charge is 2.39. The third-order valence-electron chi connectivity index (χ3n) is 5.89. The molecule has 4 rings (SSSR count). The number of fused-ring (bicyclic) bond motifs is 1. The van der Waals surface area contributed by atoms with Gasteiger partial charge in [-0.1, -0.05) is 44.2 Å². The number of urea groups is 1. The number of nitrogens with zero attached hydrogens (tertiary/aromatic N) is 2. The van der Waals surface area contributed by atoms with E-state index in [9.17, 15) is 9.59 Å². The number of hydrogen-bond acceptors (Lipinski definition) is 3. The molecular weight excluding hydrogens is 366 g/mol. The molecule has 6 nitrogen and oxygen atoms in total. The summed E-state index contributed by atoms with van der Waals surface area (Å²) in [4.78, 5) is 28.7. The summed E-state index contributed by atoms with van der Waals surface area (Å²) in [7, 11) is 0. The smallest absolute Gasteiger partial charge is 0.410 e. The first-order chi connectivity index (χ1) is 14.0. The molecule has 154 valence electrons. The van der Waals surface area contributed by atoms with Crippen molar-refractivity contribution < 1.29 is 14.3 Å². The lowest BCUT2D eigenvalue weighted by molar-refractivity contribution is 0.112. The maximum Gasteiger partial charge on any atom is 0.410 e. The minimum Gasteiger partial charge on any atom is -0.447 e. The minimum atomic E-state index is -0.199. The zero-order valence-electron chi connectivity index (χ0n) is 17.1. The second kappa shape index (κ2) is 8.31. The van der Waals surface area contributed by atoms with Crippen molar-refractivity contribution in [1.29, 1.82) is 0 Å². The van der Waals surface area contributed by atoms with Gasteiger partial charge in [0.05, 0.1) is 6.04 Å². The molecule has 0 aliphatic carbocycles. The topological polar surface area (TPSA) is 61.9 Å². The Balaban J connectivity index is 1.35. The van der Waals surface area contributed by atoms with E-state index >= 15 is 0 Å². The van der Waals surface area contributed by atoms with E-state index in [4.69, 9.17) is 4.74 Å². The van der Waals surface area contributed by atoms with Crippen LogP contribution in [0.1, 0.15) is 33.1 Å². The van der Waals surface area contributed by atoms with Gasteiger partial charge in [-0.15, -0.1) is 0 Å². The summed E-state index contributed by atoms with van der Waals surface area (Å²) in [5.41, 5.74) is 0.802. The quantitative estimate of drug-likeness (QED) is 0.816. The summed E-state index contributed by atoms with van der Waals surface area (Å²) in [6.45, 7) is 6.10. The van der Waals surface area contributed by atoms with E-state index in [1.54, 1.807) is 0 Å². The molecular formula is C23H29N3O3. The Morgan fingerprint density at radius 2 is 1.86 bits per heavy atom. The Morgan fingerprint density at radius 1 is 1.14 bits per heavy atom. The number of rotatable bonds is 4. The van der Waals surface area contributed by atoms with E-state index in [1.807, 2.05) is 46.2 Å². The zero-order chi connectivity index (χ0) is 20.4. The van der Waals surface area contributed by atoms with Gasteiger partial charge in [0.2, 0.25) is 0 Å². The Kier molecular flexibility index (Phi) is 5.60. The number of hydrogen-bond donors (Lipinski definition) is 1. The number of piperidine rings is 1. The van der Waals surface area contributed by atoms with Crippen molar-refractivity contribution in [2.45, 2.75) is 45.2 Å². The standard InChI is InChI=1S/C23H29N3O3/c1-16(2)13-21-15-29-23(28)26(21)20-9-11-25(12-10-20)22(27)24-19-8-7-17-5-3-4-6-18(17)14-19/h3-8,14,16,20-21H,9-13,15H2,1-2H3,(H,24,27). The highest BCUT2D eigenvalue weighted by atomic mass is 16.6. The van der Waals surface area contributed by atoms with Crippen molar-refractivity contribution in [3.05, 3.63) is 42.5 Å². The van der Waals surface area contributed by atoms with Crippen LogP contribution >= 0.6 is 0 Å². The fourth-order valence-corrected chi connectivity index (χ4v) is 4.46. The third kappa shape index (κ3) is 4.31. The van der Waals surface area contributed by atoms with Crippen molar-refractivity contribution in [2.24, 2.45) is 5.92 Å². The zero-order valence-corrected chi connectivity index (χ0v) is 17.1. The number of carbonyl (C=O) groups is 2. The predicted molar refractivity (Wildman–Crippen MR) is 114 cm³/mol. The van der Waals surface area contributed by atoms with Crippen molar-refractivity contribution in [3.63, 3.8) is 0 Å². The maximum atomic E-state index is 12.7. The largest absolute Gasteiger partial charge is 0.447 e. The van der Waals surface area contributed by atoms with Gasteiger partial charge in [-0.25, -0.2) is 9.59 Å².